The molecule has 65 heavy (non-hydrogen) atoms. The number of anilines is 3. The lowest BCUT2D eigenvalue weighted by Crippen LogP contribution is -2.10. The van der Waals surface area contributed by atoms with Crippen molar-refractivity contribution in [3.05, 3.63) is 237 Å². The maximum Gasteiger partial charge on any atom is 0.143 e. The lowest BCUT2D eigenvalue weighted by molar-refractivity contribution is 0.670. The van der Waals surface area contributed by atoms with E-state index >= 15 is 0 Å². The molecule has 304 valence electrons. The number of benzene rings is 11. The van der Waals surface area contributed by atoms with Crippen molar-refractivity contribution in [3.63, 3.8) is 0 Å². The van der Waals surface area contributed by atoms with Gasteiger partial charge in [0, 0.05) is 38.5 Å². The Morgan fingerprint density at radius 3 is 1.48 bits per heavy atom. The molecular formula is C62H39NO2. The Hall–Kier alpha value is -8.66. The maximum absolute atomic E-state index is 6.97. The summed E-state index contributed by atoms with van der Waals surface area (Å²) in [6.07, 6.45) is 0. The van der Waals surface area contributed by atoms with Crippen molar-refractivity contribution in [1.82, 2.24) is 0 Å². The summed E-state index contributed by atoms with van der Waals surface area (Å²) >= 11 is 0. The molecule has 0 spiro atoms. The highest BCUT2D eigenvalue weighted by molar-refractivity contribution is 6.25. The minimum Gasteiger partial charge on any atom is -0.455 e. The first-order valence-electron chi connectivity index (χ1n) is 22.2. The summed E-state index contributed by atoms with van der Waals surface area (Å²) in [7, 11) is 0. The van der Waals surface area contributed by atoms with E-state index in [-0.39, 0.29) is 0 Å². The molecule has 0 saturated carbocycles. The van der Waals surface area contributed by atoms with Crippen molar-refractivity contribution in [2.45, 2.75) is 0 Å². The van der Waals surface area contributed by atoms with Crippen molar-refractivity contribution in [3.8, 4) is 44.5 Å². The van der Waals surface area contributed by atoms with Gasteiger partial charge in [-0.2, -0.15) is 0 Å². The van der Waals surface area contributed by atoms with E-state index in [1.54, 1.807) is 0 Å². The first kappa shape index (κ1) is 36.9. The van der Waals surface area contributed by atoms with Crippen molar-refractivity contribution in [2.24, 2.45) is 0 Å². The maximum atomic E-state index is 6.97. The fourth-order valence-corrected chi connectivity index (χ4v) is 10.1. The highest BCUT2D eigenvalue weighted by Crippen LogP contribution is 2.49. The SMILES string of the molecule is c1ccc(-c2ccc(N(c3ccc(-c4ccccc4)cc3)c3cccc4oc5c6ccccc6c(-c6cccc7c6oc6cccc(-c8cccc9ccccc89)c67)cc5c34)cc2)cc1. The van der Waals surface area contributed by atoms with Crippen LogP contribution in [0.2, 0.25) is 0 Å². The highest BCUT2D eigenvalue weighted by Gasteiger charge is 2.24. The average Bonchev–Trinajstić information content (AvgIpc) is 3.97. The van der Waals surface area contributed by atoms with Crippen LogP contribution in [0.4, 0.5) is 17.1 Å². The zero-order valence-corrected chi connectivity index (χ0v) is 35.3. The Morgan fingerprint density at radius 2 is 0.769 bits per heavy atom. The first-order valence-corrected chi connectivity index (χ1v) is 22.2. The number of hydrogen-bond donors (Lipinski definition) is 0. The summed E-state index contributed by atoms with van der Waals surface area (Å²) in [6, 6.07) is 84.4. The number of rotatable bonds is 7. The number of nitrogens with zero attached hydrogens (tertiary/aromatic N) is 1. The molecule has 13 aromatic rings. The van der Waals surface area contributed by atoms with E-state index in [4.69, 9.17) is 8.83 Å². The molecule has 2 aromatic heterocycles. The second kappa shape index (κ2) is 15.0. The molecule has 0 N–H and O–H groups in total. The number of hydrogen-bond acceptors (Lipinski definition) is 3. The van der Waals surface area contributed by atoms with Crippen LogP contribution in [0, 0.1) is 0 Å². The summed E-state index contributed by atoms with van der Waals surface area (Å²) in [5, 5.41) is 8.89. The van der Waals surface area contributed by atoms with E-state index in [0.29, 0.717) is 0 Å². The van der Waals surface area contributed by atoms with Crippen LogP contribution in [0.5, 0.6) is 0 Å². The summed E-state index contributed by atoms with van der Waals surface area (Å²) in [5.41, 5.74) is 15.7. The van der Waals surface area contributed by atoms with Crippen LogP contribution in [0.25, 0.3) is 110 Å². The molecule has 0 atom stereocenters. The van der Waals surface area contributed by atoms with Crippen molar-refractivity contribution in [2.75, 3.05) is 4.90 Å². The quantitative estimate of drug-likeness (QED) is 0.160. The standard InChI is InChI=1S/C62H39NO2/c1-3-15-40(16-4-1)42-31-35-45(36-32-42)63(46-37-33-43(34-38-46)41-17-5-2-6-18-41)56-28-14-30-58-60(56)55-39-54(49-22-9-10-23-51(49)62(55)65-58)52-26-12-27-53-59-50(25-13-29-57(59)64-61(52)53)48-24-11-20-44-19-7-8-21-47(44)48/h1-39H. The van der Waals surface area contributed by atoms with Gasteiger partial charge in [-0.25, -0.2) is 0 Å². The molecule has 0 radical (unpaired) electrons. The number of para-hydroxylation sites is 1. The van der Waals surface area contributed by atoms with E-state index in [0.717, 1.165) is 88.4 Å². The van der Waals surface area contributed by atoms with Crippen LogP contribution in [-0.2, 0) is 0 Å². The van der Waals surface area contributed by atoms with Gasteiger partial charge in [0.25, 0.3) is 0 Å². The molecular weight excluding hydrogens is 791 g/mol. The molecule has 13 rings (SSSR count). The second-order valence-electron chi connectivity index (χ2n) is 16.7. The van der Waals surface area contributed by atoms with E-state index in [2.05, 4.69) is 241 Å². The van der Waals surface area contributed by atoms with Crippen LogP contribution in [0.3, 0.4) is 0 Å². The van der Waals surface area contributed by atoms with E-state index in [1.807, 2.05) is 0 Å². The van der Waals surface area contributed by atoms with Gasteiger partial charge in [-0.3, -0.25) is 0 Å². The van der Waals surface area contributed by atoms with Gasteiger partial charge in [0.2, 0.25) is 0 Å². The summed E-state index contributed by atoms with van der Waals surface area (Å²) in [4.78, 5) is 2.37. The van der Waals surface area contributed by atoms with Crippen molar-refractivity contribution >= 4 is 82.5 Å². The molecule has 3 heteroatoms. The highest BCUT2D eigenvalue weighted by atomic mass is 16.3. The van der Waals surface area contributed by atoms with Gasteiger partial charge in [0.1, 0.15) is 22.3 Å². The third-order valence-corrected chi connectivity index (χ3v) is 13.1. The Kier molecular flexibility index (Phi) is 8.53. The molecule has 2 heterocycles. The Morgan fingerprint density at radius 1 is 0.277 bits per heavy atom. The van der Waals surface area contributed by atoms with E-state index in [9.17, 15) is 0 Å². The van der Waals surface area contributed by atoms with Gasteiger partial charge in [-0.1, -0.05) is 188 Å². The van der Waals surface area contributed by atoms with E-state index in [1.165, 1.54) is 38.6 Å². The first-order chi connectivity index (χ1) is 32.2. The van der Waals surface area contributed by atoms with E-state index < -0.39 is 0 Å². The average molecular weight is 830 g/mol. The normalized spacial score (nSPS) is 11.7. The molecule has 11 aromatic carbocycles. The predicted octanol–water partition coefficient (Wildman–Crippen LogP) is 17.9. The molecule has 0 fully saturated rings. The lowest BCUT2D eigenvalue weighted by atomic mass is 9.92. The minimum atomic E-state index is 0.827. The lowest BCUT2D eigenvalue weighted by Gasteiger charge is -2.26. The summed E-state index contributed by atoms with van der Waals surface area (Å²) in [5.74, 6) is 0. The van der Waals surface area contributed by atoms with Gasteiger partial charge < -0.3 is 13.7 Å². The van der Waals surface area contributed by atoms with Gasteiger partial charge in [-0.15, -0.1) is 0 Å². The van der Waals surface area contributed by atoms with Crippen LogP contribution < -0.4 is 4.90 Å². The molecule has 0 bridgehead atoms. The second-order valence-corrected chi connectivity index (χ2v) is 16.7. The molecule has 0 aliphatic heterocycles. The monoisotopic (exact) mass is 829 g/mol. The largest absolute Gasteiger partial charge is 0.455 e. The third kappa shape index (κ3) is 6.05. The van der Waals surface area contributed by atoms with Crippen LogP contribution in [-0.4, -0.2) is 0 Å². The molecule has 0 saturated heterocycles. The van der Waals surface area contributed by atoms with Gasteiger partial charge in [0.15, 0.2) is 0 Å². The zero-order valence-electron chi connectivity index (χ0n) is 35.3. The zero-order chi connectivity index (χ0) is 42.8. The van der Waals surface area contributed by atoms with Gasteiger partial charge in [0.05, 0.1) is 11.1 Å². The van der Waals surface area contributed by atoms with Gasteiger partial charge in [-0.05, 0) is 104 Å². The van der Waals surface area contributed by atoms with Gasteiger partial charge >= 0.3 is 0 Å². The van der Waals surface area contributed by atoms with Crippen molar-refractivity contribution < 1.29 is 8.83 Å². The topological polar surface area (TPSA) is 29.5 Å². The molecule has 0 aliphatic rings. The van der Waals surface area contributed by atoms with Crippen LogP contribution in [0.15, 0.2) is 245 Å². The van der Waals surface area contributed by atoms with Crippen LogP contribution in [0.1, 0.15) is 0 Å². The molecule has 0 aliphatic carbocycles. The third-order valence-electron chi connectivity index (χ3n) is 13.1. The fraction of sp³-hybridized carbons (Fsp3) is 0. The van der Waals surface area contributed by atoms with Crippen LogP contribution >= 0.6 is 0 Å². The van der Waals surface area contributed by atoms with Crippen molar-refractivity contribution in [1.29, 1.82) is 0 Å². The summed E-state index contributed by atoms with van der Waals surface area (Å²) in [6.45, 7) is 0. The summed E-state index contributed by atoms with van der Waals surface area (Å²) < 4.78 is 13.9. The Labute approximate surface area is 375 Å². The Bertz CT molecular complexity index is 3830. The predicted molar refractivity (Wildman–Crippen MR) is 272 cm³/mol. The number of fused-ring (bicyclic) bond motifs is 9. The molecule has 0 unspecified atom stereocenters. The molecule has 3 nitrogen and oxygen atoms in total. The molecule has 0 amide bonds. The fourth-order valence-electron chi connectivity index (χ4n) is 10.1. The minimum absolute atomic E-state index is 0.827. The Balaban J connectivity index is 1.04. The number of furan rings is 2. The smallest absolute Gasteiger partial charge is 0.143 e.